The topological polar surface area (TPSA) is 42.7 Å². The minimum absolute atomic E-state index is 0.354. The number of likely N-dealkylation sites (N-methyl/N-ethyl adjacent to an activating group) is 1. The molecule has 1 N–H and O–H groups in total. The molecule has 0 bridgehead atoms. The van der Waals surface area contributed by atoms with Crippen molar-refractivity contribution in [1.82, 2.24) is 20.3 Å². The highest BCUT2D eigenvalue weighted by Crippen LogP contribution is 2.09. The third-order valence-corrected chi connectivity index (χ3v) is 3.07. The van der Waals surface area contributed by atoms with Crippen LogP contribution in [0.3, 0.4) is 0 Å². The van der Waals surface area contributed by atoms with Crippen molar-refractivity contribution in [2.75, 3.05) is 6.54 Å². The molecule has 0 aliphatic heterocycles. The Labute approximate surface area is 114 Å². The standard InChI is InChI=1S/C15H20N4/c1-4-16-13(3)12(2)10-14-11-17-19(18-14)15-8-6-5-7-9-15/h5-11,13,16H,4H2,1-3H3/b12-10+. The van der Waals surface area contributed by atoms with Crippen LogP contribution in [0.5, 0.6) is 0 Å². The third-order valence-electron chi connectivity index (χ3n) is 3.07. The van der Waals surface area contributed by atoms with Crippen LogP contribution in [0.1, 0.15) is 26.5 Å². The van der Waals surface area contributed by atoms with E-state index in [2.05, 4.69) is 42.4 Å². The maximum atomic E-state index is 4.46. The zero-order valence-electron chi connectivity index (χ0n) is 11.7. The molecular weight excluding hydrogens is 236 g/mol. The van der Waals surface area contributed by atoms with Crippen LogP contribution in [-0.2, 0) is 0 Å². The van der Waals surface area contributed by atoms with Gasteiger partial charge in [-0.25, -0.2) is 0 Å². The molecule has 0 radical (unpaired) electrons. The minimum Gasteiger partial charge on any atom is -0.311 e. The van der Waals surface area contributed by atoms with Crippen LogP contribution >= 0.6 is 0 Å². The number of rotatable bonds is 5. The van der Waals surface area contributed by atoms with Crippen molar-refractivity contribution in [3.05, 3.63) is 47.8 Å². The molecule has 19 heavy (non-hydrogen) atoms. The lowest BCUT2D eigenvalue weighted by atomic mass is 10.1. The molecule has 4 heteroatoms. The molecule has 1 aromatic carbocycles. The molecule has 0 fully saturated rings. The summed E-state index contributed by atoms with van der Waals surface area (Å²) in [5, 5.41) is 12.1. The molecule has 0 saturated carbocycles. The number of para-hydroxylation sites is 1. The van der Waals surface area contributed by atoms with Gasteiger partial charge in [0.25, 0.3) is 0 Å². The fourth-order valence-corrected chi connectivity index (χ4v) is 1.85. The van der Waals surface area contributed by atoms with Gasteiger partial charge in [0.2, 0.25) is 0 Å². The van der Waals surface area contributed by atoms with Gasteiger partial charge in [-0.1, -0.05) is 30.7 Å². The van der Waals surface area contributed by atoms with Crippen molar-refractivity contribution in [2.45, 2.75) is 26.8 Å². The fourth-order valence-electron chi connectivity index (χ4n) is 1.85. The Balaban J connectivity index is 2.16. The van der Waals surface area contributed by atoms with E-state index in [0.29, 0.717) is 6.04 Å². The van der Waals surface area contributed by atoms with Gasteiger partial charge < -0.3 is 5.32 Å². The first-order valence-corrected chi connectivity index (χ1v) is 6.60. The average molecular weight is 256 g/mol. The van der Waals surface area contributed by atoms with Crippen molar-refractivity contribution in [3.8, 4) is 5.69 Å². The molecule has 2 rings (SSSR count). The summed E-state index contributed by atoms with van der Waals surface area (Å²) in [5.41, 5.74) is 3.10. The second-order valence-corrected chi connectivity index (χ2v) is 4.56. The van der Waals surface area contributed by atoms with E-state index in [0.717, 1.165) is 17.9 Å². The average Bonchev–Trinajstić information content (AvgIpc) is 2.88. The number of benzene rings is 1. The largest absolute Gasteiger partial charge is 0.311 e. The number of aromatic nitrogens is 3. The van der Waals surface area contributed by atoms with Crippen molar-refractivity contribution < 1.29 is 0 Å². The van der Waals surface area contributed by atoms with Gasteiger partial charge >= 0.3 is 0 Å². The van der Waals surface area contributed by atoms with E-state index < -0.39 is 0 Å². The van der Waals surface area contributed by atoms with Crippen LogP contribution in [0.2, 0.25) is 0 Å². The molecule has 4 nitrogen and oxygen atoms in total. The predicted molar refractivity (Wildman–Crippen MR) is 78.1 cm³/mol. The number of hydrogen-bond donors (Lipinski definition) is 1. The van der Waals surface area contributed by atoms with E-state index in [4.69, 9.17) is 0 Å². The highest BCUT2D eigenvalue weighted by atomic mass is 15.5. The Kier molecular flexibility index (Phi) is 4.47. The summed E-state index contributed by atoms with van der Waals surface area (Å²) in [6, 6.07) is 10.3. The van der Waals surface area contributed by atoms with Gasteiger partial charge in [0.15, 0.2) is 0 Å². The first kappa shape index (κ1) is 13.5. The lowest BCUT2D eigenvalue weighted by molar-refractivity contribution is 0.636. The van der Waals surface area contributed by atoms with Crippen LogP contribution in [0.15, 0.2) is 42.1 Å². The Morgan fingerprint density at radius 1 is 1.37 bits per heavy atom. The van der Waals surface area contributed by atoms with Crippen LogP contribution in [0.4, 0.5) is 0 Å². The molecular formula is C15H20N4. The number of nitrogens with zero attached hydrogens (tertiary/aromatic N) is 3. The van der Waals surface area contributed by atoms with Crippen LogP contribution in [0, 0.1) is 0 Å². The summed E-state index contributed by atoms with van der Waals surface area (Å²) in [4.78, 5) is 1.65. The molecule has 0 aliphatic rings. The number of nitrogens with one attached hydrogen (secondary N) is 1. The van der Waals surface area contributed by atoms with Gasteiger partial charge in [0, 0.05) is 6.04 Å². The van der Waals surface area contributed by atoms with Crippen molar-refractivity contribution in [1.29, 1.82) is 0 Å². The maximum absolute atomic E-state index is 4.46. The van der Waals surface area contributed by atoms with Crippen LogP contribution in [-0.4, -0.2) is 27.6 Å². The van der Waals surface area contributed by atoms with E-state index in [1.807, 2.05) is 30.3 Å². The lowest BCUT2D eigenvalue weighted by Crippen LogP contribution is -2.26. The van der Waals surface area contributed by atoms with Gasteiger partial charge in [0.05, 0.1) is 11.9 Å². The molecule has 1 atom stereocenters. The molecule has 0 aliphatic carbocycles. The minimum atomic E-state index is 0.354. The molecule has 0 saturated heterocycles. The highest BCUT2D eigenvalue weighted by Gasteiger charge is 2.04. The molecule has 1 aromatic heterocycles. The number of hydrogen-bond acceptors (Lipinski definition) is 3. The van der Waals surface area contributed by atoms with Gasteiger partial charge in [-0.3, -0.25) is 0 Å². The Morgan fingerprint density at radius 2 is 2.11 bits per heavy atom. The first-order chi connectivity index (χ1) is 9.20. The SMILES string of the molecule is CCNC(C)/C(C)=C/c1cnn(-c2ccccc2)n1. The van der Waals surface area contributed by atoms with E-state index in [1.54, 1.807) is 11.0 Å². The monoisotopic (exact) mass is 256 g/mol. The normalized spacial score (nSPS) is 13.5. The quantitative estimate of drug-likeness (QED) is 0.894. The van der Waals surface area contributed by atoms with Gasteiger partial charge in [0.1, 0.15) is 5.69 Å². The van der Waals surface area contributed by atoms with E-state index in [9.17, 15) is 0 Å². The molecule has 2 aromatic rings. The van der Waals surface area contributed by atoms with Crippen molar-refractivity contribution in [3.63, 3.8) is 0 Å². The first-order valence-electron chi connectivity index (χ1n) is 6.60. The second kappa shape index (κ2) is 6.29. The van der Waals surface area contributed by atoms with Crippen molar-refractivity contribution in [2.24, 2.45) is 0 Å². The molecule has 1 unspecified atom stereocenters. The summed E-state index contributed by atoms with van der Waals surface area (Å²) in [7, 11) is 0. The van der Waals surface area contributed by atoms with Gasteiger partial charge in [-0.15, -0.1) is 5.10 Å². The Morgan fingerprint density at radius 3 is 2.79 bits per heavy atom. The summed E-state index contributed by atoms with van der Waals surface area (Å²) >= 11 is 0. The molecule has 1 heterocycles. The zero-order chi connectivity index (χ0) is 13.7. The summed E-state index contributed by atoms with van der Waals surface area (Å²) < 4.78 is 0. The third kappa shape index (κ3) is 3.51. The zero-order valence-corrected chi connectivity index (χ0v) is 11.7. The predicted octanol–water partition coefficient (Wildman–Crippen LogP) is 2.67. The smallest absolute Gasteiger partial charge is 0.106 e. The Hall–Kier alpha value is -1.94. The van der Waals surface area contributed by atoms with Crippen molar-refractivity contribution >= 4 is 6.08 Å². The van der Waals surface area contributed by atoms with E-state index in [-0.39, 0.29) is 0 Å². The summed E-state index contributed by atoms with van der Waals surface area (Å²) in [6.45, 7) is 7.32. The highest BCUT2D eigenvalue weighted by molar-refractivity contribution is 5.48. The van der Waals surface area contributed by atoms with Gasteiger partial charge in [-0.2, -0.15) is 9.90 Å². The van der Waals surface area contributed by atoms with E-state index in [1.165, 1.54) is 5.57 Å². The maximum Gasteiger partial charge on any atom is 0.106 e. The fraction of sp³-hybridized carbons (Fsp3) is 0.333. The van der Waals surface area contributed by atoms with Crippen LogP contribution in [0.25, 0.3) is 11.8 Å². The second-order valence-electron chi connectivity index (χ2n) is 4.56. The lowest BCUT2D eigenvalue weighted by Gasteiger charge is -2.12. The molecule has 0 spiro atoms. The summed E-state index contributed by atoms with van der Waals surface area (Å²) in [6.07, 6.45) is 3.86. The van der Waals surface area contributed by atoms with E-state index >= 15 is 0 Å². The molecule has 100 valence electrons. The molecule has 0 amide bonds. The van der Waals surface area contributed by atoms with Gasteiger partial charge in [-0.05, 0) is 38.6 Å². The summed E-state index contributed by atoms with van der Waals surface area (Å²) in [5.74, 6) is 0. The Bertz CT molecular complexity index is 542. The van der Waals surface area contributed by atoms with Crippen LogP contribution < -0.4 is 5.32 Å².